The van der Waals surface area contributed by atoms with Crippen molar-refractivity contribution >= 4 is 22.9 Å². The normalized spacial score (nSPS) is 14.0. The molecule has 0 radical (unpaired) electrons. The molecule has 0 spiro atoms. The number of pyridine rings is 1. The number of hydrogen-bond acceptors (Lipinski definition) is 6. The first-order valence-corrected chi connectivity index (χ1v) is 11.5. The van der Waals surface area contributed by atoms with Gasteiger partial charge in [0.2, 0.25) is 5.91 Å². The predicted molar refractivity (Wildman–Crippen MR) is 126 cm³/mol. The zero-order chi connectivity index (χ0) is 23.5. The van der Waals surface area contributed by atoms with E-state index in [-0.39, 0.29) is 11.8 Å². The summed E-state index contributed by atoms with van der Waals surface area (Å²) in [6, 6.07) is 15.5. The zero-order valence-corrected chi connectivity index (χ0v) is 19.1. The van der Waals surface area contributed by atoms with Crippen LogP contribution in [0.5, 0.6) is 0 Å². The number of rotatable bonds is 6. The third-order valence-electron chi connectivity index (χ3n) is 6.24. The molecule has 2 amide bonds. The second kappa shape index (κ2) is 9.51. The molecule has 174 valence electrons. The Labute approximate surface area is 197 Å². The van der Waals surface area contributed by atoms with Crippen molar-refractivity contribution in [3.63, 3.8) is 0 Å². The molecule has 0 saturated carbocycles. The Morgan fingerprint density at radius 3 is 2.50 bits per heavy atom. The second-order valence-corrected chi connectivity index (χ2v) is 8.49. The maximum Gasteiger partial charge on any atom is 0.259 e. The molecule has 1 aliphatic rings. The molecule has 3 aromatic heterocycles. The Balaban J connectivity index is 1.24. The van der Waals surface area contributed by atoms with E-state index in [1.807, 2.05) is 23.1 Å². The summed E-state index contributed by atoms with van der Waals surface area (Å²) < 4.78 is 10.8. The molecule has 0 atom stereocenters. The molecule has 1 aliphatic heterocycles. The molecule has 0 unspecified atom stereocenters. The van der Waals surface area contributed by atoms with E-state index >= 15 is 0 Å². The Morgan fingerprint density at radius 1 is 1.00 bits per heavy atom. The molecule has 34 heavy (non-hydrogen) atoms. The highest BCUT2D eigenvalue weighted by Gasteiger charge is 2.28. The zero-order valence-electron chi connectivity index (χ0n) is 19.1. The summed E-state index contributed by atoms with van der Waals surface area (Å²) in [6.07, 6.45) is 3.78. The van der Waals surface area contributed by atoms with Gasteiger partial charge in [-0.3, -0.25) is 9.59 Å². The van der Waals surface area contributed by atoms with Crippen LogP contribution < -0.4 is 0 Å². The van der Waals surface area contributed by atoms with Crippen molar-refractivity contribution in [3.05, 3.63) is 71.6 Å². The van der Waals surface area contributed by atoms with Crippen molar-refractivity contribution in [3.8, 4) is 11.5 Å². The van der Waals surface area contributed by atoms with E-state index in [1.165, 1.54) is 5.56 Å². The van der Waals surface area contributed by atoms with Gasteiger partial charge < -0.3 is 18.7 Å². The molecular formula is C26H26N4O4. The molecule has 4 aromatic rings. The first kappa shape index (κ1) is 21.9. The van der Waals surface area contributed by atoms with Crippen LogP contribution in [0.15, 0.2) is 63.7 Å². The fourth-order valence-electron chi connectivity index (χ4n) is 4.39. The topological polar surface area (TPSA) is 92.7 Å². The number of hydrogen-bond donors (Lipinski definition) is 0. The van der Waals surface area contributed by atoms with Gasteiger partial charge in [-0.25, -0.2) is 4.98 Å². The monoisotopic (exact) mass is 458 g/mol. The van der Waals surface area contributed by atoms with Gasteiger partial charge in [0, 0.05) is 32.6 Å². The largest absolute Gasteiger partial charge is 0.463 e. The van der Waals surface area contributed by atoms with Crippen LogP contribution in [0.4, 0.5) is 0 Å². The van der Waals surface area contributed by atoms with Crippen LogP contribution in [0.25, 0.3) is 22.6 Å². The predicted octanol–water partition coefficient (Wildman–Crippen LogP) is 4.10. The fraction of sp³-hybridized carbons (Fsp3) is 0.308. The molecule has 1 saturated heterocycles. The quantitative estimate of drug-likeness (QED) is 0.432. The summed E-state index contributed by atoms with van der Waals surface area (Å²) in [5, 5.41) is 4.61. The number of carbonyl (C=O) groups excluding carboxylic acids is 2. The second-order valence-electron chi connectivity index (χ2n) is 8.49. The van der Waals surface area contributed by atoms with Crippen molar-refractivity contribution in [2.75, 3.05) is 26.2 Å². The third kappa shape index (κ3) is 4.44. The number of benzene rings is 1. The third-order valence-corrected chi connectivity index (χ3v) is 6.24. The van der Waals surface area contributed by atoms with Gasteiger partial charge in [-0.15, -0.1) is 0 Å². The Hall–Kier alpha value is -3.94. The lowest BCUT2D eigenvalue weighted by Gasteiger charge is -2.35. The minimum absolute atomic E-state index is 0.123. The van der Waals surface area contributed by atoms with Crippen LogP contribution in [-0.4, -0.2) is 57.9 Å². The smallest absolute Gasteiger partial charge is 0.259 e. The Morgan fingerprint density at radius 2 is 1.76 bits per heavy atom. The summed E-state index contributed by atoms with van der Waals surface area (Å²) in [7, 11) is 0. The van der Waals surface area contributed by atoms with Gasteiger partial charge in [0.1, 0.15) is 5.69 Å². The lowest BCUT2D eigenvalue weighted by Crippen LogP contribution is -2.50. The molecule has 1 aromatic carbocycles. The van der Waals surface area contributed by atoms with E-state index in [9.17, 15) is 9.59 Å². The van der Waals surface area contributed by atoms with Crippen LogP contribution in [-0.2, 0) is 11.2 Å². The highest BCUT2D eigenvalue weighted by molar-refractivity contribution is 6.07. The maximum atomic E-state index is 13.5. The average Bonchev–Trinajstić information content (AvgIpc) is 3.54. The van der Waals surface area contributed by atoms with E-state index in [0.29, 0.717) is 66.4 Å². The molecular weight excluding hydrogens is 432 g/mol. The molecule has 0 N–H and O–H groups in total. The van der Waals surface area contributed by atoms with E-state index in [4.69, 9.17) is 8.94 Å². The van der Waals surface area contributed by atoms with Gasteiger partial charge in [0.05, 0.1) is 22.9 Å². The van der Waals surface area contributed by atoms with Gasteiger partial charge in [-0.05, 0) is 43.5 Å². The number of fused-ring (bicyclic) bond motifs is 1. The van der Waals surface area contributed by atoms with Gasteiger partial charge >= 0.3 is 0 Å². The molecule has 4 heterocycles. The number of amides is 2. The lowest BCUT2D eigenvalue weighted by atomic mass is 10.1. The summed E-state index contributed by atoms with van der Waals surface area (Å²) in [4.78, 5) is 34.3. The van der Waals surface area contributed by atoms with Crippen molar-refractivity contribution in [1.82, 2.24) is 19.9 Å². The first-order valence-electron chi connectivity index (χ1n) is 11.5. The molecule has 1 fully saturated rings. The molecule has 8 heteroatoms. The van der Waals surface area contributed by atoms with E-state index in [0.717, 1.165) is 12.8 Å². The number of aromatic nitrogens is 2. The number of aryl methyl sites for hydroxylation is 2. The lowest BCUT2D eigenvalue weighted by molar-refractivity contribution is -0.132. The number of carbonyl (C=O) groups is 2. The van der Waals surface area contributed by atoms with Crippen molar-refractivity contribution in [2.24, 2.45) is 0 Å². The van der Waals surface area contributed by atoms with Crippen molar-refractivity contribution in [1.29, 1.82) is 0 Å². The van der Waals surface area contributed by atoms with Crippen molar-refractivity contribution < 1.29 is 18.5 Å². The van der Waals surface area contributed by atoms with E-state index < -0.39 is 0 Å². The fourth-order valence-corrected chi connectivity index (χ4v) is 4.39. The molecule has 0 bridgehead atoms. The summed E-state index contributed by atoms with van der Waals surface area (Å²) >= 11 is 0. The van der Waals surface area contributed by atoms with Crippen LogP contribution in [0.3, 0.4) is 0 Å². The van der Waals surface area contributed by atoms with Crippen LogP contribution in [0.1, 0.15) is 34.5 Å². The SMILES string of the molecule is Cc1noc2nc(-c3ccco3)cc(C(=O)N3CCN(C(=O)CCCc4ccccc4)CC3)c12. The van der Waals surface area contributed by atoms with Gasteiger partial charge in [0.15, 0.2) is 5.76 Å². The van der Waals surface area contributed by atoms with Gasteiger partial charge in [-0.2, -0.15) is 0 Å². The first-order chi connectivity index (χ1) is 16.6. The summed E-state index contributed by atoms with van der Waals surface area (Å²) in [6.45, 7) is 3.81. The molecule has 8 nitrogen and oxygen atoms in total. The number of piperazine rings is 1. The maximum absolute atomic E-state index is 13.5. The highest BCUT2D eigenvalue weighted by atomic mass is 16.5. The van der Waals surface area contributed by atoms with Crippen molar-refractivity contribution in [2.45, 2.75) is 26.2 Å². The molecule has 5 rings (SSSR count). The van der Waals surface area contributed by atoms with Crippen LogP contribution in [0, 0.1) is 6.92 Å². The van der Waals surface area contributed by atoms with Gasteiger partial charge in [-0.1, -0.05) is 35.5 Å². The van der Waals surface area contributed by atoms with Crippen LogP contribution in [0.2, 0.25) is 0 Å². The Kier molecular flexibility index (Phi) is 6.12. The number of nitrogens with zero attached hydrogens (tertiary/aromatic N) is 4. The van der Waals surface area contributed by atoms with Crippen LogP contribution >= 0.6 is 0 Å². The average molecular weight is 459 g/mol. The minimum Gasteiger partial charge on any atom is -0.463 e. The summed E-state index contributed by atoms with van der Waals surface area (Å²) in [5.41, 5.74) is 3.17. The molecule has 0 aliphatic carbocycles. The van der Waals surface area contributed by atoms with E-state index in [2.05, 4.69) is 22.3 Å². The number of furan rings is 1. The summed E-state index contributed by atoms with van der Waals surface area (Å²) in [5.74, 6) is 0.572. The van der Waals surface area contributed by atoms with E-state index in [1.54, 1.807) is 36.3 Å². The standard InChI is InChI=1S/C26H26N4O4/c1-18-24-20(17-21(22-10-6-16-33-22)27-25(24)34-28-18)26(32)30-14-12-29(13-15-30)23(31)11-5-9-19-7-3-2-4-8-19/h2-4,6-8,10,16-17H,5,9,11-15H2,1H3. The highest BCUT2D eigenvalue weighted by Crippen LogP contribution is 2.28. The van der Waals surface area contributed by atoms with Gasteiger partial charge in [0.25, 0.3) is 11.6 Å². The Bertz CT molecular complexity index is 1290. The minimum atomic E-state index is -0.123.